The maximum atomic E-state index is 10.2. The predicted octanol–water partition coefficient (Wildman–Crippen LogP) is 3.64. The summed E-state index contributed by atoms with van der Waals surface area (Å²) in [6, 6.07) is 0. The van der Waals surface area contributed by atoms with E-state index in [0.717, 1.165) is 32.2 Å². The van der Waals surface area contributed by atoms with E-state index >= 15 is 0 Å². The second-order valence-electron chi connectivity index (χ2n) is 10.3. The lowest BCUT2D eigenvalue weighted by molar-refractivity contribution is -0.0981. The van der Waals surface area contributed by atoms with Crippen molar-refractivity contribution in [2.24, 2.45) is 39.2 Å². The van der Waals surface area contributed by atoms with Gasteiger partial charge < -0.3 is 15.9 Å². The minimum absolute atomic E-state index is 0.140. The Morgan fingerprint density at radius 1 is 1.20 bits per heavy atom. The van der Waals surface area contributed by atoms with Gasteiger partial charge >= 0.3 is 0 Å². The zero-order valence-corrected chi connectivity index (χ0v) is 16.2. The number of fused-ring (bicyclic) bond motifs is 3. The molecule has 4 rings (SSSR count). The van der Waals surface area contributed by atoms with E-state index in [1.807, 2.05) is 0 Å². The van der Waals surface area contributed by atoms with Crippen LogP contribution in [0.15, 0.2) is 12.2 Å². The summed E-state index contributed by atoms with van der Waals surface area (Å²) < 4.78 is 0. The fourth-order valence-corrected chi connectivity index (χ4v) is 8.27. The minimum atomic E-state index is -0.232. The third kappa shape index (κ3) is 2.04. The number of allylic oxidation sites excluding steroid dienone is 1. The molecule has 4 N–H and O–H groups in total. The highest BCUT2D eigenvalue weighted by Crippen LogP contribution is 2.87. The average molecular weight is 348 g/mol. The number of hydrogen-bond donors (Lipinski definition) is 3. The lowest BCUT2D eigenvalue weighted by Gasteiger charge is -2.56. The lowest BCUT2D eigenvalue weighted by Crippen LogP contribution is -2.51. The second kappa shape index (κ2) is 5.56. The van der Waals surface area contributed by atoms with Gasteiger partial charge in [0.1, 0.15) is 0 Å². The summed E-state index contributed by atoms with van der Waals surface area (Å²) in [6.45, 7) is 10.3. The Balaban J connectivity index is 1.74. The van der Waals surface area contributed by atoms with Crippen LogP contribution in [0.25, 0.3) is 0 Å². The molecule has 0 aromatic carbocycles. The molecular formula is C22H37NO2. The molecule has 0 saturated heterocycles. The molecule has 0 aromatic heterocycles. The summed E-state index contributed by atoms with van der Waals surface area (Å²) in [6.07, 6.45) is 9.85. The maximum Gasteiger partial charge on any atom is 0.0544 e. The van der Waals surface area contributed by atoms with Crippen LogP contribution in [0.4, 0.5) is 0 Å². The topological polar surface area (TPSA) is 66.5 Å². The maximum absolute atomic E-state index is 10.2. The van der Waals surface area contributed by atoms with Crippen molar-refractivity contribution in [1.82, 2.24) is 0 Å². The zero-order chi connectivity index (χ0) is 18.1. The summed E-state index contributed by atoms with van der Waals surface area (Å²) >= 11 is 0. The summed E-state index contributed by atoms with van der Waals surface area (Å²) in [7, 11) is 0. The van der Waals surface area contributed by atoms with E-state index < -0.39 is 0 Å². The number of aliphatic hydroxyl groups excluding tert-OH is 2. The molecule has 4 saturated carbocycles. The molecule has 0 aromatic rings. The van der Waals surface area contributed by atoms with Crippen LogP contribution in [0.2, 0.25) is 0 Å². The molecule has 0 amide bonds. The molecular weight excluding hydrogens is 310 g/mol. The Kier molecular flexibility index (Phi) is 4.00. The molecule has 0 radical (unpaired) electrons. The third-order valence-corrected chi connectivity index (χ3v) is 9.85. The van der Waals surface area contributed by atoms with Crippen LogP contribution in [-0.4, -0.2) is 29.5 Å². The Hall–Kier alpha value is -0.380. The fraction of sp³-hybridized carbons (Fsp3) is 0.909. The van der Waals surface area contributed by atoms with Crippen LogP contribution >= 0.6 is 0 Å². The molecule has 0 unspecified atom stereocenters. The summed E-state index contributed by atoms with van der Waals surface area (Å²) in [5.74, 6) is 0.942. The third-order valence-electron chi connectivity index (χ3n) is 9.85. The molecule has 0 bridgehead atoms. The largest absolute Gasteiger partial charge is 0.396 e. The van der Waals surface area contributed by atoms with Crippen molar-refractivity contribution in [2.75, 3.05) is 13.2 Å². The highest BCUT2D eigenvalue weighted by atomic mass is 16.3. The van der Waals surface area contributed by atoms with Gasteiger partial charge in [-0.1, -0.05) is 26.0 Å². The van der Waals surface area contributed by atoms with Crippen molar-refractivity contribution in [2.45, 2.75) is 77.7 Å². The Labute approximate surface area is 153 Å². The zero-order valence-electron chi connectivity index (χ0n) is 16.2. The van der Waals surface area contributed by atoms with Gasteiger partial charge in [0.15, 0.2) is 0 Å². The predicted molar refractivity (Wildman–Crippen MR) is 101 cm³/mol. The fourth-order valence-electron chi connectivity index (χ4n) is 8.27. The van der Waals surface area contributed by atoms with Gasteiger partial charge in [-0.25, -0.2) is 0 Å². The Morgan fingerprint density at radius 3 is 2.64 bits per heavy atom. The van der Waals surface area contributed by atoms with Crippen LogP contribution in [0.3, 0.4) is 0 Å². The molecule has 142 valence electrons. The van der Waals surface area contributed by atoms with Crippen LogP contribution in [0.1, 0.15) is 71.6 Å². The van der Waals surface area contributed by atoms with E-state index in [2.05, 4.69) is 20.4 Å². The van der Waals surface area contributed by atoms with E-state index in [1.165, 1.54) is 37.7 Å². The normalized spacial score (nSPS) is 54.9. The summed E-state index contributed by atoms with van der Waals surface area (Å²) in [4.78, 5) is 0. The van der Waals surface area contributed by atoms with Gasteiger partial charge in [0.2, 0.25) is 0 Å². The Morgan fingerprint density at radius 2 is 1.96 bits per heavy atom. The molecule has 4 fully saturated rings. The van der Waals surface area contributed by atoms with Crippen molar-refractivity contribution in [3.8, 4) is 0 Å². The van der Waals surface area contributed by atoms with E-state index in [1.54, 1.807) is 0 Å². The molecule has 0 aliphatic heterocycles. The van der Waals surface area contributed by atoms with Gasteiger partial charge in [0.25, 0.3) is 0 Å². The van der Waals surface area contributed by atoms with Gasteiger partial charge in [-0.05, 0) is 97.8 Å². The van der Waals surface area contributed by atoms with E-state index in [-0.39, 0.29) is 24.0 Å². The highest BCUT2D eigenvalue weighted by molar-refractivity contribution is 5.34. The molecule has 3 nitrogen and oxygen atoms in total. The first-order valence-corrected chi connectivity index (χ1v) is 10.5. The smallest absolute Gasteiger partial charge is 0.0544 e. The number of rotatable bonds is 4. The van der Waals surface area contributed by atoms with Crippen molar-refractivity contribution < 1.29 is 10.2 Å². The van der Waals surface area contributed by atoms with Gasteiger partial charge in [-0.2, -0.15) is 0 Å². The van der Waals surface area contributed by atoms with Crippen molar-refractivity contribution in [1.29, 1.82) is 0 Å². The van der Waals surface area contributed by atoms with Crippen molar-refractivity contribution in [3.05, 3.63) is 12.2 Å². The number of aliphatic hydroxyl groups is 2. The van der Waals surface area contributed by atoms with Gasteiger partial charge in [-0.15, -0.1) is 0 Å². The molecule has 25 heavy (non-hydrogen) atoms. The van der Waals surface area contributed by atoms with Crippen molar-refractivity contribution in [3.63, 3.8) is 0 Å². The number of nitrogens with two attached hydrogens (primary N) is 1. The molecule has 7 atom stereocenters. The second-order valence-corrected chi connectivity index (χ2v) is 10.3. The average Bonchev–Trinajstić information content (AvgIpc) is 3.17. The first-order chi connectivity index (χ1) is 11.8. The monoisotopic (exact) mass is 347 g/mol. The standard InChI is InChI=1S/C22H37NO2/c1-15-4-5-18-19(15,2)8-9-22(14-21(18,22)10-11-23)20(3)7-6-17(25)12-16(20)13-24/h16-18,24-25H,1,4-14,23H2,2-3H3/t16-,17+,18-,19-,20+,21-,22+/m1/s1. The molecule has 4 aliphatic rings. The van der Waals surface area contributed by atoms with Crippen LogP contribution in [0.5, 0.6) is 0 Å². The van der Waals surface area contributed by atoms with Gasteiger partial charge in [-0.3, -0.25) is 0 Å². The molecule has 4 aliphatic carbocycles. The van der Waals surface area contributed by atoms with E-state index in [9.17, 15) is 10.2 Å². The molecule has 0 heterocycles. The molecule has 3 heteroatoms. The minimum Gasteiger partial charge on any atom is -0.396 e. The summed E-state index contributed by atoms with van der Waals surface area (Å²) in [5, 5.41) is 20.3. The van der Waals surface area contributed by atoms with Crippen LogP contribution in [-0.2, 0) is 0 Å². The lowest BCUT2D eigenvalue weighted by atomic mass is 9.48. The first kappa shape index (κ1) is 18.0. The van der Waals surface area contributed by atoms with Crippen LogP contribution < -0.4 is 5.73 Å². The van der Waals surface area contributed by atoms with Crippen LogP contribution in [0, 0.1) is 33.5 Å². The van der Waals surface area contributed by atoms with Crippen molar-refractivity contribution >= 4 is 0 Å². The SMILES string of the molecule is C=C1CC[C@H]2[C@@]3(CCN)C[C@]3([C@@]3(C)CC[C@H](O)C[C@@H]3CO)CC[C@]12C. The highest BCUT2D eigenvalue weighted by Gasteiger charge is 2.80. The Bertz CT molecular complexity index is 576. The molecule has 0 spiro atoms. The first-order valence-electron chi connectivity index (χ1n) is 10.5. The van der Waals surface area contributed by atoms with E-state index in [4.69, 9.17) is 5.73 Å². The van der Waals surface area contributed by atoms with Gasteiger partial charge in [0.05, 0.1) is 6.10 Å². The summed E-state index contributed by atoms with van der Waals surface area (Å²) in [5.41, 5.74) is 8.72. The van der Waals surface area contributed by atoms with E-state index in [0.29, 0.717) is 22.2 Å². The number of hydrogen-bond acceptors (Lipinski definition) is 3. The quantitative estimate of drug-likeness (QED) is 0.680. The van der Waals surface area contributed by atoms with Gasteiger partial charge in [0, 0.05) is 6.61 Å².